The Hall–Kier alpha value is -2.32. The largest absolute Gasteiger partial charge is 0.372 e. The Kier molecular flexibility index (Phi) is 7.07. The zero-order valence-corrected chi connectivity index (χ0v) is 17.8. The maximum absolute atomic E-state index is 12.9. The Morgan fingerprint density at radius 2 is 1.93 bits per heavy atom. The highest BCUT2D eigenvalue weighted by Crippen LogP contribution is 2.18. The van der Waals surface area contributed by atoms with Gasteiger partial charge in [0.05, 0.1) is 19.3 Å². The first-order valence-electron chi connectivity index (χ1n) is 11.1. The number of amides is 1. The molecule has 30 heavy (non-hydrogen) atoms. The average Bonchev–Trinajstić information content (AvgIpc) is 3.21. The third-order valence-electron chi connectivity index (χ3n) is 6.19. The fourth-order valence-corrected chi connectivity index (χ4v) is 4.20. The van der Waals surface area contributed by atoms with E-state index in [9.17, 15) is 4.79 Å². The highest BCUT2D eigenvalue weighted by Gasteiger charge is 2.26. The lowest BCUT2D eigenvalue weighted by Crippen LogP contribution is -2.44. The van der Waals surface area contributed by atoms with Gasteiger partial charge < -0.3 is 9.64 Å². The molecule has 2 aliphatic heterocycles. The van der Waals surface area contributed by atoms with Crippen LogP contribution in [-0.2, 0) is 29.2 Å². The molecule has 1 aromatic heterocycles. The van der Waals surface area contributed by atoms with Gasteiger partial charge in [0.1, 0.15) is 6.54 Å². The zero-order valence-electron chi connectivity index (χ0n) is 17.8. The van der Waals surface area contributed by atoms with Gasteiger partial charge in [-0.15, -0.1) is 5.10 Å². The van der Waals surface area contributed by atoms with Gasteiger partial charge in [0.15, 0.2) is 5.82 Å². The number of likely N-dealkylation sites (tertiary alicyclic amines) is 2. The molecule has 2 aromatic rings. The lowest BCUT2D eigenvalue weighted by Gasteiger charge is -2.33. The Bertz CT molecular complexity index is 803. The van der Waals surface area contributed by atoms with Crippen molar-refractivity contribution >= 4 is 5.91 Å². The van der Waals surface area contributed by atoms with Crippen molar-refractivity contribution in [1.29, 1.82) is 0 Å². The molecule has 4 rings (SSSR count). The predicted molar refractivity (Wildman–Crippen MR) is 112 cm³/mol. The van der Waals surface area contributed by atoms with Gasteiger partial charge in [-0.1, -0.05) is 37.3 Å². The molecule has 1 atom stereocenters. The van der Waals surface area contributed by atoms with E-state index >= 15 is 0 Å². The molecule has 1 unspecified atom stereocenters. The lowest BCUT2D eigenvalue weighted by atomic mass is 9.99. The molecule has 0 aliphatic carbocycles. The number of hydrogen-bond donors (Lipinski definition) is 0. The minimum Gasteiger partial charge on any atom is -0.372 e. The molecule has 3 heterocycles. The van der Waals surface area contributed by atoms with E-state index < -0.39 is 0 Å². The molecule has 0 radical (unpaired) electrons. The predicted octanol–water partition coefficient (Wildman–Crippen LogP) is 2.11. The van der Waals surface area contributed by atoms with Crippen molar-refractivity contribution in [3.05, 3.63) is 41.7 Å². The molecule has 0 saturated carbocycles. The first-order chi connectivity index (χ1) is 14.7. The monoisotopic (exact) mass is 412 g/mol. The standard InChI is InChI=1S/C22H32N6O2/c1-18-9-12-26(13-10-18)15-21-23-24-25-28(21)16-22(29)27-11-5-8-20(14-27)30-17-19-6-3-2-4-7-19/h2-4,6-7,18,20H,5,8-17H2,1H3. The molecule has 0 spiro atoms. The summed E-state index contributed by atoms with van der Waals surface area (Å²) in [5.74, 6) is 1.62. The first-order valence-corrected chi connectivity index (χ1v) is 11.1. The van der Waals surface area contributed by atoms with Crippen LogP contribution in [0.5, 0.6) is 0 Å². The van der Waals surface area contributed by atoms with Gasteiger partial charge in [-0.25, -0.2) is 4.68 Å². The minimum atomic E-state index is 0.0591. The second-order valence-corrected chi connectivity index (χ2v) is 8.61. The molecule has 8 nitrogen and oxygen atoms in total. The SMILES string of the molecule is CC1CCN(Cc2nnnn2CC(=O)N2CCCC(OCc3ccccc3)C2)CC1. The molecule has 0 N–H and O–H groups in total. The molecule has 162 valence electrons. The molecule has 1 amide bonds. The van der Waals surface area contributed by atoms with Crippen LogP contribution >= 0.6 is 0 Å². The van der Waals surface area contributed by atoms with Gasteiger partial charge in [0.2, 0.25) is 5.91 Å². The fourth-order valence-electron chi connectivity index (χ4n) is 4.20. The molecule has 2 fully saturated rings. The summed E-state index contributed by atoms with van der Waals surface area (Å²) < 4.78 is 7.73. The van der Waals surface area contributed by atoms with E-state index in [-0.39, 0.29) is 18.6 Å². The van der Waals surface area contributed by atoms with Gasteiger partial charge in [-0.2, -0.15) is 0 Å². The Balaban J connectivity index is 1.28. The van der Waals surface area contributed by atoms with E-state index in [4.69, 9.17) is 4.74 Å². The molecule has 8 heteroatoms. The normalized spacial score (nSPS) is 21.1. The van der Waals surface area contributed by atoms with Crippen LogP contribution in [0.2, 0.25) is 0 Å². The van der Waals surface area contributed by atoms with Crippen molar-refractivity contribution in [3.8, 4) is 0 Å². The summed E-state index contributed by atoms with van der Waals surface area (Å²) in [5.41, 5.74) is 1.16. The van der Waals surface area contributed by atoms with Crippen molar-refractivity contribution in [3.63, 3.8) is 0 Å². The van der Waals surface area contributed by atoms with Gasteiger partial charge in [0, 0.05) is 13.1 Å². The summed E-state index contributed by atoms with van der Waals surface area (Å²) in [4.78, 5) is 17.2. The van der Waals surface area contributed by atoms with Crippen molar-refractivity contribution < 1.29 is 9.53 Å². The van der Waals surface area contributed by atoms with Gasteiger partial charge in [-0.3, -0.25) is 9.69 Å². The van der Waals surface area contributed by atoms with E-state index in [1.807, 2.05) is 23.1 Å². The summed E-state index contributed by atoms with van der Waals surface area (Å²) in [6.45, 7) is 7.31. The Labute approximate surface area is 178 Å². The summed E-state index contributed by atoms with van der Waals surface area (Å²) in [6.07, 6.45) is 4.43. The zero-order chi connectivity index (χ0) is 20.8. The van der Waals surface area contributed by atoms with Gasteiger partial charge >= 0.3 is 0 Å². The highest BCUT2D eigenvalue weighted by atomic mass is 16.5. The van der Waals surface area contributed by atoms with Crippen molar-refractivity contribution in [1.82, 2.24) is 30.0 Å². The average molecular weight is 413 g/mol. The number of rotatable bonds is 7. The summed E-state index contributed by atoms with van der Waals surface area (Å²) in [5, 5.41) is 12.1. The van der Waals surface area contributed by atoms with Crippen LogP contribution < -0.4 is 0 Å². The van der Waals surface area contributed by atoms with Crippen LogP contribution in [0.1, 0.15) is 44.0 Å². The van der Waals surface area contributed by atoms with E-state index in [1.54, 1.807) is 4.68 Å². The quantitative estimate of drug-likeness (QED) is 0.693. The molecular weight excluding hydrogens is 380 g/mol. The number of tetrazole rings is 1. The second kappa shape index (κ2) is 10.1. The van der Waals surface area contributed by atoms with Crippen molar-refractivity contribution in [2.24, 2.45) is 5.92 Å². The van der Waals surface area contributed by atoms with E-state index in [0.29, 0.717) is 19.7 Å². The number of piperidine rings is 2. The molecule has 0 bridgehead atoms. The smallest absolute Gasteiger partial charge is 0.244 e. The highest BCUT2D eigenvalue weighted by molar-refractivity contribution is 5.76. The van der Waals surface area contributed by atoms with E-state index in [1.165, 1.54) is 12.8 Å². The maximum Gasteiger partial charge on any atom is 0.244 e. The van der Waals surface area contributed by atoms with Crippen LogP contribution in [0, 0.1) is 5.92 Å². The van der Waals surface area contributed by atoms with Crippen LogP contribution in [0.4, 0.5) is 0 Å². The molecule has 2 aliphatic rings. The summed E-state index contributed by atoms with van der Waals surface area (Å²) in [7, 11) is 0. The summed E-state index contributed by atoms with van der Waals surface area (Å²) in [6, 6.07) is 10.2. The molecule has 2 saturated heterocycles. The van der Waals surface area contributed by atoms with Gasteiger partial charge in [-0.05, 0) is 60.7 Å². The van der Waals surface area contributed by atoms with E-state index in [0.717, 1.165) is 49.8 Å². The second-order valence-electron chi connectivity index (χ2n) is 8.61. The number of benzene rings is 1. The fraction of sp³-hybridized carbons (Fsp3) is 0.636. The van der Waals surface area contributed by atoms with Crippen LogP contribution in [0.25, 0.3) is 0 Å². The van der Waals surface area contributed by atoms with Crippen molar-refractivity contribution in [2.75, 3.05) is 26.2 Å². The number of carbonyl (C=O) groups excluding carboxylic acids is 1. The minimum absolute atomic E-state index is 0.0591. The van der Waals surface area contributed by atoms with Gasteiger partial charge in [0.25, 0.3) is 0 Å². The third-order valence-corrected chi connectivity index (χ3v) is 6.19. The number of ether oxygens (including phenoxy) is 1. The first kappa shape index (κ1) is 20.9. The summed E-state index contributed by atoms with van der Waals surface area (Å²) >= 11 is 0. The third kappa shape index (κ3) is 5.64. The Morgan fingerprint density at radius 3 is 2.73 bits per heavy atom. The maximum atomic E-state index is 12.9. The van der Waals surface area contributed by atoms with Crippen LogP contribution in [0.15, 0.2) is 30.3 Å². The number of aromatic nitrogens is 4. The van der Waals surface area contributed by atoms with Crippen molar-refractivity contribution in [2.45, 2.75) is 58.4 Å². The van der Waals surface area contributed by atoms with Crippen LogP contribution in [0.3, 0.4) is 0 Å². The van der Waals surface area contributed by atoms with E-state index in [2.05, 4.69) is 39.5 Å². The molecule has 1 aromatic carbocycles. The molecular formula is C22H32N6O2. The topological polar surface area (TPSA) is 76.4 Å². The lowest BCUT2D eigenvalue weighted by molar-refractivity contribution is -0.136. The number of nitrogens with zero attached hydrogens (tertiary/aromatic N) is 6. The Morgan fingerprint density at radius 1 is 1.13 bits per heavy atom. The number of hydrogen-bond acceptors (Lipinski definition) is 6. The van der Waals surface area contributed by atoms with Crippen LogP contribution in [-0.4, -0.2) is 68.2 Å². The number of carbonyl (C=O) groups is 1.